The lowest BCUT2D eigenvalue weighted by Crippen LogP contribution is -2.44. The van der Waals surface area contributed by atoms with E-state index < -0.39 is 0 Å². The zero-order valence-corrected chi connectivity index (χ0v) is 17.9. The molecule has 28 heavy (non-hydrogen) atoms. The first-order valence-corrected chi connectivity index (χ1v) is 11.0. The summed E-state index contributed by atoms with van der Waals surface area (Å²) in [6, 6.07) is 7.60. The van der Waals surface area contributed by atoms with Gasteiger partial charge in [0.15, 0.2) is 5.11 Å². The molecule has 0 saturated heterocycles. The first-order chi connectivity index (χ1) is 13.7. The van der Waals surface area contributed by atoms with Crippen LogP contribution in [0.5, 0.6) is 0 Å². The first kappa shape index (κ1) is 20.9. The fourth-order valence-electron chi connectivity index (χ4n) is 3.36. The fraction of sp³-hybridized carbons (Fsp3) is 0.455. The average Bonchev–Trinajstić information content (AvgIpc) is 3.12. The summed E-state index contributed by atoms with van der Waals surface area (Å²) in [6.45, 7) is 1.53. The largest absolute Gasteiger partial charge is 0.332 e. The van der Waals surface area contributed by atoms with Crippen molar-refractivity contribution in [3.05, 3.63) is 53.2 Å². The molecular formula is C22H29ClN4S. The molecule has 1 aromatic carbocycles. The third-order valence-electron chi connectivity index (χ3n) is 4.88. The highest BCUT2D eigenvalue weighted by Crippen LogP contribution is 2.17. The van der Waals surface area contributed by atoms with Crippen LogP contribution in [0.25, 0.3) is 0 Å². The molecule has 0 radical (unpaired) electrons. The van der Waals surface area contributed by atoms with Gasteiger partial charge >= 0.3 is 0 Å². The van der Waals surface area contributed by atoms with Crippen LogP contribution in [0.3, 0.4) is 0 Å². The summed E-state index contributed by atoms with van der Waals surface area (Å²) in [6.07, 6.45) is 16.4. The minimum atomic E-state index is 0.643. The molecule has 1 heterocycles. The molecule has 0 aromatic heterocycles. The van der Waals surface area contributed by atoms with Crippen molar-refractivity contribution < 1.29 is 0 Å². The average molecular weight is 417 g/mol. The Morgan fingerprint density at radius 2 is 1.86 bits per heavy atom. The van der Waals surface area contributed by atoms with Gasteiger partial charge in [-0.25, -0.2) is 0 Å². The number of guanidine groups is 1. The van der Waals surface area contributed by atoms with Crippen molar-refractivity contribution in [2.75, 3.05) is 18.4 Å². The van der Waals surface area contributed by atoms with E-state index in [-0.39, 0.29) is 0 Å². The maximum absolute atomic E-state index is 6.08. The van der Waals surface area contributed by atoms with E-state index in [1.54, 1.807) is 0 Å². The maximum Gasteiger partial charge on any atom is 0.204 e. The van der Waals surface area contributed by atoms with Crippen molar-refractivity contribution in [3.8, 4) is 0 Å². The Kier molecular flexibility index (Phi) is 8.37. The molecule has 0 fully saturated rings. The molecule has 150 valence electrons. The number of aliphatic imine (C=N–C) groups is 1. The maximum atomic E-state index is 6.08. The molecular weight excluding hydrogens is 388 g/mol. The molecule has 2 N–H and O–H groups in total. The van der Waals surface area contributed by atoms with Gasteiger partial charge in [-0.05, 0) is 81.8 Å². The van der Waals surface area contributed by atoms with E-state index >= 15 is 0 Å². The molecule has 2 aliphatic rings. The number of hydrogen-bond acceptors (Lipinski definition) is 3. The second kappa shape index (κ2) is 11.2. The van der Waals surface area contributed by atoms with Gasteiger partial charge in [0.1, 0.15) is 0 Å². The molecule has 0 spiro atoms. The SMILES string of the molecule is S=C(Nc1cccc(Cl)c1)N1CCN=C1N/C1=C\CCCC/C=C\CCCC1. The van der Waals surface area contributed by atoms with Crippen molar-refractivity contribution in [1.82, 2.24) is 10.2 Å². The number of nitrogens with zero attached hydrogens (tertiary/aromatic N) is 2. The summed E-state index contributed by atoms with van der Waals surface area (Å²) >= 11 is 11.7. The third-order valence-corrected chi connectivity index (χ3v) is 5.44. The van der Waals surface area contributed by atoms with Crippen LogP contribution in [-0.2, 0) is 0 Å². The molecule has 3 rings (SSSR count). The van der Waals surface area contributed by atoms with E-state index in [0.29, 0.717) is 10.1 Å². The molecule has 1 aliphatic carbocycles. The predicted molar refractivity (Wildman–Crippen MR) is 124 cm³/mol. The molecule has 1 aromatic rings. The van der Waals surface area contributed by atoms with Crippen LogP contribution in [0.15, 0.2) is 53.2 Å². The number of halogens is 1. The minimum absolute atomic E-state index is 0.643. The fourth-order valence-corrected chi connectivity index (χ4v) is 3.85. The van der Waals surface area contributed by atoms with Crippen molar-refractivity contribution in [2.24, 2.45) is 4.99 Å². The number of rotatable bonds is 2. The van der Waals surface area contributed by atoms with Gasteiger partial charge in [0.25, 0.3) is 0 Å². The van der Waals surface area contributed by atoms with Crippen molar-refractivity contribution in [1.29, 1.82) is 0 Å². The van der Waals surface area contributed by atoms with E-state index in [1.165, 1.54) is 44.2 Å². The number of hydrogen-bond donors (Lipinski definition) is 2. The van der Waals surface area contributed by atoms with Crippen LogP contribution in [0.2, 0.25) is 5.02 Å². The second-order valence-corrected chi connectivity index (χ2v) is 7.98. The quantitative estimate of drug-likeness (QED) is 0.467. The predicted octanol–water partition coefficient (Wildman–Crippen LogP) is 5.87. The number of allylic oxidation sites excluding steroid dienone is 4. The van der Waals surface area contributed by atoms with Gasteiger partial charge in [0.05, 0.1) is 6.54 Å². The highest BCUT2D eigenvalue weighted by atomic mass is 35.5. The van der Waals surface area contributed by atoms with Crippen molar-refractivity contribution in [3.63, 3.8) is 0 Å². The highest BCUT2D eigenvalue weighted by molar-refractivity contribution is 7.80. The van der Waals surface area contributed by atoms with Crippen LogP contribution < -0.4 is 10.6 Å². The molecule has 1 aliphatic heterocycles. The number of thiocarbonyl (C=S) groups is 1. The molecule has 0 bridgehead atoms. The van der Waals surface area contributed by atoms with Gasteiger partial charge in [-0.2, -0.15) is 0 Å². The highest BCUT2D eigenvalue weighted by Gasteiger charge is 2.21. The normalized spacial score (nSPS) is 21.5. The van der Waals surface area contributed by atoms with E-state index in [9.17, 15) is 0 Å². The summed E-state index contributed by atoms with van der Waals surface area (Å²) in [7, 11) is 0. The standard InChI is InChI=1S/C22H29ClN4S/c23-18-11-10-14-20(17-18)26-22(28)27-16-15-24-21(27)25-19-12-8-6-4-2-1-3-5-7-9-13-19/h1-2,10-11,13-14,17H,3-9,12,15-16H2,(H,24,25)(H,26,28)/b2-1-,19-13-. The Labute approximate surface area is 178 Å². The van der Waals surface area contributed by atoms with Gasteiger partial charge < -0.3 is 10.6 Å². The minimum Gasteiger partial charge on any atom is -0.332 e. The van der Waals surface area contributed by atoms with E-state index in [2.05, 4.69) is 33.9 Å². The van der Waals surface area contributed by atoms with Crippen LogP contribution in [0, 0.1) is 0 Å². The Hall–Kier alpha value is -1.85. The summed E-state index contributed by atoms with van der Waals surface area (Å²) in [5.41, 5.74) is 2.16. The Balaban J connectivity index is 1.60. The van der Waals surface area contributed by atoms with E-state index in [4.69, 9.17) is 23.8 Å². The van der Waals surface area contributed by atoms with E-state index in [1.807, 2.05) is 29.2 Å². The topological polar surface area (TPSA) is 39.7 Å². The smallest absolute Gasteiger partial charge is 0.204 e. The summed E-state index contributed by atoms with van der Waals surface area (Å²) in [5.74, 6) is 0.845. The van der Waals surface area contributed by atoms with Gasteiger partial charge in [0.2, 0.25) is 5.96 Å². The van der Waals surface area contributed by atoms with Crippen molar-refractivity contribution in [2.45, 2.75) is 51.4 Å². The lowest BCUT2D eigenvalue weighted by molar-refractivity contribution is 0.643. The molecule has 6 heteroatoms. The summed E-state index contributed by atoms with van der Waals surface area (Å²) in [5, 5.41) is 8.17. The molecule has 0 unspecified atom stereocenters. The molecule has 4 nitrogen and oxygen atoms in total. The third kappa shape index (κ3) is 6.64. The lowest BCUT2D eigenvalue weighted by atomic mass is 10.1. The van der Waals surface area contributed by atoms with Crippen molar-refractivity contribution >= 4 is 40.6 Å². The Morgan fingerprint density at radius 3 is 2.68 bits per heavy atom. The number of benzene rings is 1. The molecule has 0 saturated carbocycles. The lowest BCUT2D eigenvalue weighted by Gasteiger charge is -2.24. The zero-order valence-electron chi connectivity index (χ0n) is 16.3. The van der Waals surface area contributed by atoms with Crippen LogP contribution >= 0.6 is 23.8 Å². The first-order valence-electron chi connectivity index (χ1n) is 10.2. The number of nitrogens with one attached hydrogen (secondary N) is 2. The van der Waals surface area contributed by atoms with Crippen LogP contribution in [0.1, 0.15) is 51.4 Å². The van der Waals surface area contributed by atoms with Gasteiger partial charge in [-0.15, -0.1) is 0 Å². The Morgan fingerprint density at radius 1 is 1.07 bits per heavy atom. The monoisotopic (exact) mass is 416 g/mol. The summed E-state index contributed by atoms with van der Waals surface area (Å²) in [4.78, 5) is 6.68. The Bertz CT molecular complexity index is 757. The number of anilines is 1. The van der Waals surface area contributed by atoms with Gasteiger partial charge in [-0.1, -0.05) is 35.9 Å². The van der Waals surface area contributed by atoms with Gasteiger partial charge in [-0.3, -0.25) is 9.89 Å². The molecule has 0 amide bonds. The second-order valence-electron chi connectivity index (χ2n) is 7.15. The van der Waals surface area contributed by atoms with Crippen LogP contribution in [-0.4, -0.2) is 29.1 Å². The van der Waals surface area contributed by atoms with Crippen LogP contribution in [0.4, 0.5) is 5.69 Å². The van der Waals surface area contributed by atoms with Gasteiger partial charge in [0, 0.05) is 23.0 Å². The summed E-state index contributed by atoms with van der Waals surface area (Å²) < 4.78 is 0. The molecule has 0 atom stereocenters. The zero-order chi connectivity index (χ0) is 19.6. The van der Waals surface area contributed by atoms with E-state index in [0.717, 1.165) is 37.6 Å².